The summed E-state index contributed by atoms with van der Waals surface area (Å²) < 4.78 is 21.9. The number of nitrogens with two attached hydrogens (primary N) is 1. The van der Waals surface area contributed by atoms with Crippen LogP contribution in [-0.4, -0.2) is 47.8 Å². The van der Waals surface area contributed by atoms with Crippen LogP contribution < -0.4 is 11.1 Å². The highest BCUT2D eigenvalue weighted by molar-refractivity contribution is 7.47. The Labute approximate surface area is 264 Å². The van der Waals surface area contributed by atoms with E-state index in [2.05, 4.69) is 31.3 Å². The average Bonchev–Trinajstić information content (AvgIpc) is 2.99. The van der Waals surface area contributed by atoms with Gasteiger partial charge in [0.15, 0.2) is 0 Å². The van der Waals surface area contributed by atoms with E-state index in [1.54, 1.807) is 6.08 Å². The molecule has 1 amide bonds. The van der Waals surface area contributed by atoms with Gasteiger partial charge in [0.25, 0.3) is 0 Å². The van der Waals surface area contributed by atoms with Gasteiger partial charge < -0.3 is 21.1 Å². The van der Waals surface area contributed by atoms with E-state index < -0.39 is 20.0 Å². The minimum atomic E-state index is -4.32. The number of carbonyl (C=O) groups excluding carboxylic acids is 1. The van der Waals surface area contributed by atoms with Gasteiger partial charge in [-0.1, -0.05) is 128 Å². The van der Waals surface area contributed by atoms with Crippen molar-refractivity contribution in [3.05, 3.63) is 24.3 Å². The predicted molar refractivity (Wildman–Crippen MR) is 180 cm³/mol. The van der Waals surface area contributed by atoms with Crippen molar-refractivity contribution in [2.24, 2.45) is 5.73 Å². The van der Waals surface area contributed by atoms with E-state index in [0.29, 0.717) is 6.42 Å². The molecule has 0 fully saturated rings. The fraction of sp³-hybridized carbons (Fsp3) is 0.853. The zero-order valence-corrected chi connectivity index (χ0v) is 28.6. The van der Waals surface area contributed by atoms with Crippen LogP contribution in [0.15, 0.2) is 24.3 Å². The second kappa shape index (κ2) is 31.0. The summed E-state index contributed by atoms with van der Waals surface area (Å²) in [6, 6.07) is -0.859. The third-order valence-electron chi connectivity index (χ3n) is 7.52. The van der Waals surface area contributed by atoms with Gasteiger partial charge in [-0.2, -0.15) is 0 Å². The zero-order valence-electron chi connectivity index (χ0n) is 27.7. The van der Waals surface area contributed by atoms with Crippen molar-refractivity contribution < 1.29 is 28.4 Å². The lowest BCUT2D eigenvalue weighted by Crippen LogP contribution is -2.45. The molecular weight excluding hydrogens is 563 g/mol. The highest BCUT2D eigenvalue weighted by Crippen LogP contribution is 2.43. The Hall–Kier alpha value is -1.02. The third-order valence-corrected chi connectivity index (χ3v) is 8.51. The molecule has 0 rings (SSSR count). The molecular formula is C34H67N2O6P. The summed E-state index contributed by atoms with van der Waals surface area (Å²) in [7, 11) is -4.32. The maximum atomic E-state index is 12.6. The van der Waals surface area contributed by atoms with E-state index in [1.807, 2.05) is 6.08 Å². The van der Waals surface area contributed by atoms with Crippen molar-refractivity contribution in [1.29, 1.82) is 0 Å². The second-order valence-corrected chi connectivity index (χ2v) is 13.2. The lowest BCUT2D eigenvalue weighted by molar-refractivity contribution is -0.123. The van der Waals surface area contributed by atoms with E-state index in [1.165, 1.54) is 83.5 Å². The second-order valence-electron chi connectivity index (χ2n) is 11.7. The largest absolute Gasteiger partial charge is 0.472 e. The number of carbonyl (C=O) groups is 1. The van der Waals surface area contributed by atoms with Crippen LogP contribution in [0.2, 0.25) is 0 Å². The number of phosphoric acid groups is 1. The van der Waals surface area contributed by atoms with Gasteiger partial charge in [0, 0.05) is 13.0 Å². The lowest BCUT2D eigenvalue weighted by Gasteiger charge is -2.23. The van der Waals surface area contributed by atoms with Crippen LogP contribution in [0.5, 0.6) is 0 Å². The molecule has 0 aliphatic heterocycles. The maximum absolute atomic E-state index is 12.6. The molecule has 0 aromatic heterocycles. The van der Waals surface area contributed by atoms with Crippen LogP contribution in [-0.2, 0) is 18.4 Å². The molecule has 0 heterocycles. The lowest BCUT2D eigenvalue weighted by atomic mass is 10.1. The molecule has 3 atom stereocenters. The highest BCUT2D eigenvalue weighted by atomic mass is 31.2. The molecule has 0 saturated heterocycles. The summed E-state index contributed by atoms with van der Waals surface area (Å²) in [6.45, 7) is 4.07. The smallest absolute Gasteiger partial charge is 0.387 e. The number of aliphatic hydroxyl groups is 1. The number of rotatable bonds is 32. The summed E-state index contributed by atoms with van der Waals surface area (Å²) in [5.74, 6) is -0.207. The van der Waals surface area contributed by atoms with Gasteiger partial charge in [0.2, 0.25) is 5.91 Å². The first-order valence-electron chi connectivity index (χ1n) is 17.5. The van der Waals surface area contributed by atoms with Crippen molar-refractivity contribution in [2.45, 2.75) is 167 Å². The molecule has 0 spiro atoms. The molecule has 3 unspecified atom stereocenters. The molecule has 9 heteroatoms. The van der Waals surface area contributed by atoms with E-state index in [9.17, 15) is 19.4 Å². The van der Waals surface area contributed by atoms with E-state index in [-0.39, 0.29) is 25.7 Å². The number of allylic oxidation sites excluding steroid dienone is 3. The first-order chi connectivity index (χ1) is 20.9. The molecule has 0 aliphatic carbocycles. The normalized spacial score (nSPS) is 14.8. The standard InChI is InChI=1S/C34H67N2O6P/c1-3-5-7-9-11-13-15-16-17-18-20-22-24-26-28-34(38)36-32(31-42-43(39,40)41-30-29-35)33(37)27-25-23-21-19-14-12-10-8-6-4-2/h15-16,25,27,32-33,37H,3-14,17-24,26,28-31,35H2,1-2H3,(H,36,38)(H,39,40)/b16-15-,27-25+. The number of nitrogens with one attached hydrogen (secondary N) is 1. The van der Waals surface area contributed by atoms with Crippen LogP contribution in [0.4, 0.5) is 0 Å². The van der Waals surface area contributed by atoms with Crippen LogP contribution in [0.3, 0.4) is 0 Å². The van der Waals surface area contributed by atoms with Crippen molar-refractivity contribution >= 4 is 13.7 Å². The van der Waals surface area contributed by atoms with Crippen LogP contribution >= 0.6 is 7.82 Å². The van der Waals surface area contributed by atoms with Crippen LogP contribution in [0.1, 0.15) is 155 Å². The third kappa shape index (κ3) is 29.5. The fourth-order valence-electron chi connectivity index (χ4n) is 4.83. The van der Waals surface area contributed by atoms with Crippen LogP contribution in [0, 0.1) is 0 Å². The number of hydrogen-bond donors (Lipinski definition) is 4. The summed E-state index contributed by atoms with van der Waals surface area (Å²) in [4.78, 5) is 22.5. The molecule has 0 bridgehead atoms. The molecule has 0 aliphatic rings. The Morgan fingerprint density at radius 3 is 1.72 bits per heavy atom. The Bertz CT molecular complexity index is 734. The van der Waals surface area contributed by atoms with E-state index in [4.69, 9.17) is 14.8 Å². The minimum Gasteiger partial charge on any atom is -0.387 e. The van der Waals surface area contributed by atoms with Gasteiger partial charge >= 0.3 is 7.82 Å². The van der Waals surface area contributed by atoms with Gasteiger partial charge in [-0.15, -0.1) is 0 Å². The molecule has 254 valence electrons. The van der Waals surface area contributed by atoms with Crippen LogP contribution in [0.25, 0.3) is 0 Å². The Kier molecular flexibility index (Phi) is 30.2. The Morgan fingerprint density at radius 1 is 0.744 bits per heavy atom. The van der Waals surface area contributed by atoms with Gasteiger partial charge in [0.05, 0.1) is 25.4 Å². The van der Waals surface area contributed by atoms with Crippen molar-refractivity contribution in [3.8, 4) is 0 Å². The van der Waals surface area contributed by atoms with Gasteiger partial charge in [-0.25, -0.2) is 4.57 Å². The van der Waals surface area contributed by atoms with Gasteiger partial charge in [0.1, 0.15) is 0 Å². The molecule has 0 aromatic rings. The van der Waals surface area contributed by atoms with Gasteiger partial charge in [-0.3, -0.25) is 13.8 Å². The number of phosphoric ester groups is 1. The predicted octanol–water partition coefficient (Wildman–Crippen LogP) is 8.66. The summed E-state index contributed by atoms with van der Waals surface area (Å²) in [5.41, 5.74) is 5.34. The van der Waals surface area contributed by atoms with Crippen molar-refractivity contribution in [3.63, 3.8) is 0 Å². The summed E-state index contributed by atoms with van der Waals surface area (Å²) >= 11 is 0. The number of amides is 1. The van der Waals surface area contributed by atoms with E-state index >= 15 is 0 Å². The first kappa shape index (κ1) is 42.0. The number of aliphatic hydroxyl groups excluding tert-OH is 1. The summed E-state index contributed by atoms with van der Waals surface area (Å²) in [6.07, 6.45) is 32.2. The van der Waals surface area contributed by atoms with E-state index in [0.717, 1.165) is 51.4 Å². The number of hydrogen-bond acceptors (Lipinski definition) is 6. The molecule has 0 radical (unpaired) electrons. The first-order valence-corrected chi connectivity index (χ1v) is 19.0. The Morgan fingerprint density at radius 2 is 1.21 bits per heavy atom. The average molecular weight is 631 g/mol. The molecule has 43 heavy (non-hydrogen) atoms. The fourth-order valence-corrected chi connectivity index (χ4v) is 5.59. The van der Waals surface area contributed by atoms with Crippen molar-refractivity contribution in [2.75, 3.05) is 19.8 Å². The zero-order chi connectivity index (χ0) is 31.9. The minimum absolute atomic E-state index is 0.0775. The molecule has 0 aromatic carbocycles. The highest BCUT2D eigenvalue weighted by Gasteiger charge is 2.26. The Balaban J connectivity index is 4.37. The van der Waals surface area contributed by atoms with Crippen molar-refractivity contribution in [1.82, 2.24) is 5.32 Å². The number of unbranched alkanes of at least 4 members (excludes halogenated alkanes) is 18. The molecule has 0 saturated carbocycles. The van der Waals surface area contributed by atoms with Gasteiger partial charge in [-0.05, 0) is 44.9 Å². The molecule has 8 nitrogen and oxygen atoms in total. The SMILES string of the molecule is CCCCCCC/C=C\CCCCCCCC(=O)NC(COP(=O)(O)OCCN)C(O)/C=C/CCCCCCCCCC. The quantitative estimate of drug-likeness (QED) is 0.0332. The molecule has 5 N–H and O–H groups in total. The summed E-state index contributed by atoms with van der Waals surface area (Å²) in [5, 5.41) is 13.5. The topological polar surface area (TPSA) is 131 Å². The monoisotopic (exact) mass is 630 g/mol. The maximum Gasteiger partial charge on any atom is 0.472 e.